The molecule has 0 bridgehead atoms. The second kappa shape index (κ2) is 9.10. The van der Waals surface area contributed by atoms with Crippen molar-refractivity contribution in [2.24, 2.45) is 0 Å². The number of ether oxygens (including phenoxy) is 1. The van der Waals surface area contributed by atoms with Crippen LogP contribution in [0.25, 0.3) is 6.08 Å². The van der Waals surface area contributed by atoms with Crippen molar-refractivity contribution >= 4 is 17.7 Å². The Kier molecular flexibility index (Phi) is 6.33. The van der Waals surface area contributed by atoms with Gasteiger partial charge in [0.1, 0.15) is 12.4 Å². The van der Waals surface area contributed by atoms with Crippen molar-refractivity contribution in [1.29, 1.82) is 0 Å². The molecule has 3 rings (SSSR count). The highest BCUT2D eigenvalue weighted by molar-refractivity contribution is 5.86. The van der Waals surface area contributed by atoms with E-state index in [-0.39, 0.29) is 11.8 Å². The molecule has 0 aliphatic carbocycles. The second-order valence-electron chi connectivity index (χ2n) is 6.06. The zero-order chi connectivity index (χ0) is 18.2. The minimum absolute atomic E-state index is 0.216. The molecule has 1 aromatic carbocycles. The molecule has 0 radical (unpaired) electrons. The highest BCUT2D eigenvalue weighted by Gasteiger charge is 2.17. The maximum atomic E-state index is 13.0. The first-order valence-electron chi connectivity index (χ1n) is 8.69. The number of piperazine rings is 1. The van der Waals surface area contributed by atoms with E-state index in [0.717, 1.165) is 37.6 Å². The molecule has 1 aliphatic rings. The van der Waals surface area contributed by atoms with Gasteiger partial charge in [-0.2, -0.15) is 0 Å². The first-order valence-corrected chi connectivity index (χ1v) is 8.69. The van der Waals surface area contributed by atoms with Crippen molar-refractivity contribution < 1.29 is 13.9 Å². The molecular formula is C20H22FN3O2. The molecule has 0 N–H and O–H groups in total. The van der Waals surface area contributed by atoms with Gasteiger partial charge in [0, 0.05) is 50.7 Å². The fourth-order valence-corrected chi connectivity index (χ4v) is 2.83. The van der Waals surface area contributed by atoms with Gasteiger partial charge in [-0.15, -0.1) is 0 Å². The molecule has 0 saturated carbocycles. The molecular weight excluding hydrogens is 333 g/mol. The molecule has 1 saturated heterocycles. The standard InChI is InChI=1S/C20H22FN3O2/c21-17-4-7-19(8-5-17)24-13-11-23(12-14-24)15-16-26-20(25)9-6-18-3-1-2-10-22-18/h1-10H,11-16H2. The summed E-state index contributed by atoms with van der Waals surface area (Å²) in [5.41, 5.74) is 1.76. The Morgan fingerprint density at radius 1 is 1.12 bits per heavy atom. The van der Waals surface area contributed by atoms with Crippen molar-refractivity contribution in [2.75, 3.05) is 44.2 Å². The van der Waals surface area contributed by atoms with Gasteiger partial charge in [0.2, 0.25) is 0 Å². The third-order valence-electron chi connectivity index (χ3n) is 4.29. The highest BCUT2D eigenvalue weighted by Crippen LogP contribution is 2.16. The van der Waals surface area contributed by atoms with Crippen LogP contribution in [0.15, 0.2) is 54.7 Å². The van der Waals surface area contributed by atoms with E-state index in [2.05, 4.69) is 14.8 Å². The predicted octanol–water partition coefficient (Wildman–Crippen LogP) is 2.60. The summed E-state index contributed by atoms with van der Waals surface area (Å²) in [7, 11) is 0. The lowest BCUT2D eigenvalue weighted by atomic mass is 10.2. The zero-order valence-corrected chi connectivity index (χ0v) is 14.6. The van der Waals surface area contributed by atoms with Crippen LogP contribution in [0, 0.1) is 5.82 Å². The smallest absolute Gasteiger partial charge is 0.330 e. The largest absolute Gasteiger partial charge is 0.461 e. The number of anilines is 1. The highest BCUT2D eigenvalue weighted by atomic mass is 19.1. The molecule has 1 aromatic heterocycles. The number of halogens is 1. The minimum atomic E-state index is -0.361. The van der Waals surface area contributed by atoms with Crippen LogP contribution in [-0.2, 0) is 9.53 Å². The van der Waals surface area contributed by atoms with E-state index in [4.69, 9.17) is 4.74 Å². The number of hydrogen-bond acceptors (Lipinski definition) is 5. The van der Waals surface area contributed by atoms with Crippen molar-refractivity contribution in [1.82, 2.24) is 9.88 Å². The Labute approximate surface area is 152 Å². The molecule has 0 atom stereocenters. The number of carbonyl (C=O) groups excluding carboxylic acids is 1. The Hall–Kier alpha value is -2.73. The van der Waals surface area contributed by atoms with Crippen LogP contribution in [0.2, 0.25) is 0 Å². The maximum Gasteiger partial charge on any atom is 0.330 e. The Morgan fingerprint density at radius 3 is 2.58 bits per heavy atom. The quantitative estimate of drug-likeness (QED) is 0.589. The summed E-state index contributed by atoms with van der Waals surface area (Å²) < 4.78 is 18.2. The van der Waals surface area contributed by atoms with Gasteiger partial charge in [-0.25, -0.2) is 9.18 Å². The number of esters is 1. The molecule has 0 unspecified atom stereocenters. The molecule has 5 nitrogen and oxygen atoms in total. The summed E-state index contributed by atoms with van der Waals surface area (Å²) in [6.07, 6.45) is 4.72. The normalized spacial score (nSPS) is 15.3. The minimum Gasteiger partial charge on any atom is -0.461 e. The van der Waals surface area contributed by atoms with E-state index in [1.807, 2.05) is 18.2 Å². The number of rotatable bonds is 6. The van der Waals surface area contributed by atoms with Gasteiger partial charge in [0.25, 0.3) is 0 Å². The van der Waals surface area contributed by atoms with Gasteiger partial charge in [-0.05, 0) is 42.5 Å². The number of hydrogen-bond donors (Lipinski definition) is 0. The van der Waals surface area contributed by atoms with Gasteiger partial charge < -0.3 is 9.64 Å². The zero-order valence-electron chi connectivity index (χ0n) is 14.6. The fourth-order valence-electron chi connectivity index (χ4n) is 2.83. The first-order chi connectivity index (χ1) is 12.7. The topological polar surface area (TPSA) is 45.7 Å². The van der Waals surface area contributed by atoms with Crippen molar-refractivity contribution in [3.8, 4) is 0 Å². The van der Waals surface area contributed by atoms with Crippen LogP contribution in [0.5, 0.6) is 0 Å². The lowest BCUT2D eigenvalue weighted by Gasteiger charge is -2.35. The van der Waals surface area contributed by atoms with Gasteiger partial charge in [-0.3, -0.25) is 9.88 Å². The van der Waals surface area contributed by atoms with Crippen LogP contribution in [-0.4, -0.2) is 55.2 Å². The van der Waals surface area contributed by atoms with E-state index in [1.54, 1.807) is 24.4 Å². The molecule has 26 heavy (non-hydrogen) atoms. The monoisotopic (exact) mass is 355 g/mol. The summed E-state index contributed by atoms with van der Waals surface area (Å²) in [5.74, 6) is -0.577. The summed E-state index contributed by atoms with van der Waals surface area (Å²) >= 11 is 0. The average Bonchev–Trinajstić information content (AvgIpc) is 2.68. The molecule has 2 aromatic rings. The SMILES string of the molecule is O=C(C=Cc1ccccn1)OCCN1CCN(c2ccc(F)cc2)CC1. The molecule has 2 heterocycles. The van der Waals surface area contributed by atoms with E-state index in [1.165, 1.54) is 18.2 Å². The number of aromatic nitrogens is 1. The summed E-state index contributed by atoms with van der Waals surface area (Å²) in [4.78, 5) is 20.3. The Morgan fingerprint density at radius 2 is 1.88 bits per heavy atom. The summed E-state index contributed by atoms with van der Waals surface area (Å²) in [5, 5.41) is 0. The fraction of sp³-hybridized carbons (Fsp3) is 0.300. The van der Waals surface area contributed by atoms with Gasteiger partial charge >= 0.3 is 5.97 Å². The van der Waals surface area contributed by atoms with E-state index >= 15 is 0 Å². The van der Waals surface area contributed by atoms with Crippen molar-refractivity contribution in [3.63, 3.8) is 0 Å². The summed E-state index contributed by atoms with van der Waals surface area (Å²) in [6, 6.07) is 12.1. The lowest BCUT2D eigenvalue weighted by molar-refractivity contribution is -0.138. The second-order valence-corrected chi connectivity index (χ2v) is 6.06. The number of benzene rings is 1. The Balaban J connectivity index is 1.35. The van der Waals surface area contributed by atoms with E-state index in [9.17, 15) is 9.18 Å². The van der Waals surface area contributed by atoms with Crippen LogP contribution in [0.1, 0.15) is 5.69 Å². The average molecular weight is 355 g/mol. The van der Waals surface area contributed by atoms with Crippen molar-refractivity contribution in [3.05, 3.63) is 66.2 Å². The molecule has 1 aliphatic heterocycles. The number of carbonyl (C=O) groups is 1. The lowest BCUT2D eigenvalue weighted by Crippen LogP contribution is -2.47. The van der Waals surface area contributed by atoms with E-state index in [0.29, 0.717) is 13.2 Å². The van der Waals surface area contributed by atoms with E-state index < -0.39 is 0 Å². The number of pyridine rings is 1. The Bertz CT molecular complexity index is 726. The van der Waals surface area contributed by atoms with Crippen LogP contribution in [0.3, 0.4) is 0 Å². The van der Waals surface area contributed by atoms with Gasteiger partial charge in [0.05, 0.1) is 5.69 Å². The third kappa shape index (κ3) is 5.39. The number of nitrogens with zero attached hydrogens (tertiary/aromatic N) is 3. The first kappa shape index (κ1) is 18.1. The predicted molar refractivity (Wildman–Crippen MR) is 99.3 cm³/mol. The van der Waals surface area contributed by atoms with Crippen molar-refractivity contribution in [2.45, 2.75) is 0 Å². The van der Waals surface area contributed by atoms with Gasteiger partial charge in [-0.1, -0.05) is 6.07 Å². The maximum absolute atomic E-state index is 13.0. The molecule has 1 fully saturated rings. The van der Waals surface area contributed by atoms with Crippen LogP contribution < -0.4 is 4.90 Å². The van der Waals surface area contributed by atoms with Crippen LogP contribution in [0.4, 0.5) is 10.1 Å². The third-order valence-corrected chi connectivity index (χ3v) is 4.29. The molecule has 6 heteroatoms. The van der Waals surface area contributed by atoms with Gasteiger partial charge in [0.15, 0.2) is 0 Å². The molecule has 0 amide bonds. The molecule has 136 valence electrons. The van der Waals surface area contributed by atoms with Crippen LogP contribution >= 0.6 is 0 Å². The summed E-state index contributed by atoms with van der Waals surface area (Å²) in [6.45, 7) is 4.60. The molecule has 0 spiro atoms.